The molecule has 27 heavy (non-hydrogen) atoms. The first-order chi connectivity index (χ1) is 13.1. The van der Waals surface area contributed by atoms with Gasteiger partial charge in [-0.05, 0) is 31.7 Å². The average Bonchev–Trinajstić information content (AvgIpc) is 3.52. The summed E-state index contributed by atoms with van der Waals surface area (Å²) in [6.45, 7) is 1.14. The zero-order chi connectivity index (χ0) is 19.0. The summed E-state index contributed by atoms with van der Waals surface area (Å²) >= 11 is 0. The second-order valence-electron chi connectivity index (χ2n) is 7.10. The Kier molecular flexibility index (Phi) is 4.51. The molecule has 0 atom stereocenters. The van der Waals surface area contributed by atoms with Crippen molar-refractivity contribution in [3.63, 3.8) is 0 Å². The van der Waals surface area contributed by atoms with Crippen molar-refractivity contribution in [2.75, 3.05) is 18.0 Å². The molecule has 0 spiro atoms. The summed E-state index contributed by atoms with van der Waals surface area (Å²) in [7, 11) is 1.36. The van der Waals surface area contributed by atoms with Gasteiger partial charge in [-0.15, -0.1) is 0 Å². The topological polar surface area (TPSA) is 104 Å². The number of carbonyl (C=O) groups excluding carboxylic acids is 1. The molecule has 142 valence electrons. The van der Waals surface area contributed by atoms with Crippen molar-refractivity contribution in [2.24, 2.45) is 7.05 Å². The number of aromatic nitrogens is 4. The maximum absolute atomic E-state index is 12.7. The second kappa shape index (κ2) is 6.98. The normalized spacial score (nSPS) is 17.7. The van der Waals surface area contributed by atoms with E-state index in [9.17, 15) is 14.4 Å². The van der Waals surface area contributed by atoms with Gasteiger partial charge in [-0.2, -0.15) is 0 Å². The lowest BCUT2D eigenvalue weighted by Crippen LogP contribution is -2.49. The molecule has 2 aromatic heterocycles. The molecule has 1 saturated carbocycles. The number of likely N-dealkylation sites (tertiary alicyclic amines) is 1. The summed E-state index contributed by atoms with van der Waals surface area (Å²) in [5, 5.41) is 0. The summed E-state index contributed by atoms with van der Waals surface area (Å²) < 4.78 is 0.921. The number of hydrogen-bond donors (Lipinski definition) is 1. The minimum atomic E-state index is -0.563. The predicted octanol–water partition coefficient (Wildman–Crippen LogP) is 0.137. The second-order valence-corrected chi connectivity index (χ2v) is 7.10. The van der Waals surface area contributed by atoms with Crippen LogP contribution in [0, 0.1) is 0 Å². The molecule has 1 aliphatic heterocycles. The molecule has 0 bridgehead atoms. The van der Waals surface area contributed by atoms with Crippen molar-refractivity contribution in [3.05, 3.63) is 51.2 Å². The van der Waals surface area contributed by atoms with Crippen molar-refractivity contribution in [1.82, 2.24) is 24.4 Å². The molecular weight excluding hydrogens is 348 g/mol. The quantitative estimate of drug-likeness (QED) is 0.821. The average molecular weight is 370 g/mol. The first-order valence-corrected chi connectivity index (χ1v) is 9.18. The lowest BCUT2D eigenvalue weighted by molar-refractivity contribution is 0.0708. The van der Waals surface area contributed by atoms with E-state index in [4.69, 9.17) is 0 Å². The first-order valence-electron chi connectivity index (χ1n) is 9.18. The molecule has 1 amide bonds. The van der Waals surface area contributed by atoms with Crippen LogP contribution in [0.25, 0.3) is 0 Å². The van der Waals surface area contributed by atoms with Crippen LogP contribution < -0.4 is 16.1 Å². The smallest absolute Gasteiger partial charge is 0.328 e. The number of nitrogens with zero attached hydrogens (tertiary/aromatic N) is 5. The van der Waals surface area contributed by atoms with E-state index < -0.39 is 11.2 Å². The third-order valence-corrected chi connectivity index (χ3v) is 5.33. The number of hydrogen-bond acceptors (Lipinski definition) is 6. The number of H-pyrrole nitrogens is 1. The van der Waals surface area contributed by atoms with E-state index in [1.807, 2.05) is 6.07 Å². The van der Waals surface area contributed by atoms with Crippen LogP contribution in [0.4, 0.5) is 5.82 Å². The Bertz CT molecular complexity index is 942. The highest BCUT2D eigenvalue weighted by Crippen LogP contribution is 2.35. The number of aromatic amines is 1. The number of rotatable bonds is 4. The summed E-state index contributed by atoms with van der Waals surface area (Å²) in [5.74, 6) is 0.608. The third-order valence-electron chi connectivity index (χ3n) is 5.33. The summed E-state index contributed by atoms with van der Waals surface area (Å²) in [6.07, 6.45) is 8.49. The Labute approximate surface area is 155 Å². The van der Waals surface area contributed by atoms with Gasteiger partial charge < -0.3 is 14.8 Å². The SMILES string of the molecule is Cn1c(=O)[nH]cc(C(=O)N2CCC(N(c3ccncn3)C3CC3)CC2)c1=O. The van der Waals surface area contributed by atoms with E-state index in [0.29, 0.717) is 25.2 Å². The fraction of sp³-hybridized carbons (Fsp3) is 0.500. The number of carbonyl (C=O) groups is 1. The molecular formula is C18H22N6O3. The number of anilines is 1. The predicted molar refractivity (Wildman–Crippen MR) is 98.8 cm³/mol. The van der Waals surface area contributed by atoms with Crippen LogP contribution in [0.15, 0.2) is 34.4 Å². The van der Waals surface area contributed by atoms with Crippen LogP contribution in [-0.2, 0) is 7.05 Å². The van der Waals surface area contributed by atoms with E-state index >= 15 is 0 Å². The molecule has 9 nitrogen and oxygen atoms in total. The van der Waals surface area contributed by atoms with Crippen LogP contribution in [-0.4, -0.2) is 55.5 Å². The lowest BCUT2D eigenvalue weighted by Gasteiger charge is -2.39. The molecule has 1 N–H and O–H groups in total. The highest BCUT2D eigenvalue weighted by atomic mass is 16.2. The van der Waals surface area contributed by atoms with Crippen molar-refractivity contribution in [2.45, 2.75) is 37.8 Å². The van der Waals surface area contributed by atoms with Gasteiger partial charge in [-0.3, -0.25) is 14.2 Å². The van der Waals surface area contributed by atoms with Gasteiger partial charge in [0.15, 0.2) is 0 Å². The molecule has 0 unspecified atom stereocenters. The minimum absolute atomic E-state index is 0.00500. The monoisotopic (exact) mass is 370 g/mol. The molecule has 2 fully saturated rings. The van der Waals surface area contributed by atoms with Crippen LogP contribution >= 0.6 is 0 Å². The molecule has 1 saturated heterocycles. The zero-order valence-corrected chi connectivity index (χ0v) is 15.2. The van der Waals surface area contributed by atoms with E-state index in [-0.39, 0.29) is 11.5 Å². The van der Waals surface area contributed by atoms with Gasteiger partial charge in [0.1, 0.15) is 17.7 Å². The van der Waals surface area contributed by atoms with Gasteiger partial charge in [0.05, 0.1) is 0 Å². The molecule has 9 heteroatoms. The maximum Gasteiger partial charge on any atom is 0.328 e. The van der Waals surface area contributed by atoms with Crippen molar-refractivity contribution >= 4 is 11.7 Å². The number of amides is 1. The fourth-order valence-corrected chi connectivity index (χ4v) is 3.70. The van der Waals surface area contributed by atoms with Gasteiger partial charge in [0.25, 0.3) is 11.5 Å². The first kappa shape index (κ1) is 17.4. The standard InChI is InChI=1S/C18H22N6O3/c1-22-16(25)14(10-20-18(22)27)17(26)23-8-5-13(6-9-23)24(12-2-3-12)15-4-7-19-11-21-15/h4,7,10-13H,2-3,5-6,8-9H2,1H3,(H,20,27). The van der Waals surface area contributed by atoms with Gasteiger partial charge in [0.2, 0.25) is 0 Å². The largest absolute Gasteiger partial charge is 0.350 e. The molecule has 1 aliphatic carbocycles. The fourth-order valence-electron chi connectivity index (χ4n) is 3.70. The molecule has 3 heterocycles. The lowest BCUT2D eigenvalue weighted by atomic mass is 10.0. The Balaban J connectivity index is 1.47. The van der Waals surface area contributed by atoms with Gasteiger partial charge in [-0.25, -0.2) is 14.8 Å². The highest BCUT2D eigenvalue weighted by molar-refractivity contribution is 5.93. The highest BCUT2D eigenvalue weighted by Gasteiger charge is 2.37. The van der Waals surface area contributed by atoms with E-state index in [1.54, 1.807) is 17.4 Å². The summed E-state index contributed by atoms with van der Waals surface area (Å²) in [5.41, 5.74) is -1.09. The Morgan fingerprint density at radius 3 is 2.52 bits per heavy atom. The van der Waals surface area contributed by atoms with Crippen molar-refractivity contribution < 1.29 is 4.79 Å². The maximum atomic E-state index is 12.7. The number of piperidine rings is 1. The Morgan fingerprint density at radius 1 is 1.19 bits per heavy atom. The minimum Gasteiger partial charge on any atom is -0.350 e. The van der Waals surface area contributed by atoms with E-state index in [0.717, 1.165) is 36.1 Å². The zero-order valence-electron chi connectivity index (χ0n) is 15.2. The van der Waals surface area contributed by atoms with Gasteiger partial charge >= 0.3 is 5.69 Å². The molecule has 2 aliphatic rings. The molecule has 4 rings (SSSR count). The van der Waals surface area contributed by atoms with Gasteiger partial charge in [-0.1, -0.05) is 0 Å². The van der Waals surface area contributed by atoms with Crippen LogP contribution in [0.2, 0.25) is 0 Å². The van der Waals surface area contributed by atoms with Crippen LogP contribution in [0.1, 0.15) is 36.0 Å². The summed E-state index contributed by atoms with van der Waals surface area (Å²) in [6, 6.07) is 2.76. The Hall–Kier alpha value is -2.97. The molecule has 0 aromatic carbocycles. The molecule has 0 radical (unpaired) electrons. The molecule has 2 aromatic rings. The van der Waals surface area contributed by atoms with Crippen LogP contribution in [0.3, 0.4) is 0 Å². The Morgan fingerprint density at radius 2 is 1.89 bits per heavy atom. The third kappa shape index (κ3) is 3.36. The number of nitrogens with one attached hydrogen (secondary N) is 1. The van der Waals surface area contributed by atoms with Crippen molar-refractivity contribution in [1.29, 1.82) is 0 Å². The van der Waals surface area contributed by atoms with Crippen molar-refractivity contribution in [3.8, 4) is 0 Å². The van der Waals surface area contributed by atoms with E-state index in [2.05, 4.69) is 19.9 Å². The summed E-state index contributed by atoms with van der Waals surface area (Å²) in [4.78, 5) is 51.3. The van der Waals surface area contributed by atoms with Crippen LogP contribution in [0.5, 0.6) is 0 Å². The van der Waals surface area contributed by atoms with E-state index in [1.165, 1.54) is 13.2 Å². The van der Waals surface area contributed by atoms with Gasteiger partial charge in [0, 0.05) is 44.6 Å².